The van der Waals surface area contributed by atoms with Crippen molar-refractivity contribution in [2.75, 3.05) is 5.73 Å². The molecule has 1 heterocycles. The summed E-state index contributed by atoms with van der Waals surface area (Å²) in [7, 11) is 0. The average Bonchev–Trinajstić information content (AvgIpc) is 2.12. The van der Waals surface area contributed by atoms with Crippen LogP contribution in [0.4, 0.5) is 5.82 Å². The minimum atomic E-state index is -0.326. The number of hydrogen-bond acceptors (Lipinski definition) is 5. The van der Waals surface area contributed by atoms with E-state index in [0.29, 0.717) is 0 Å². The Balaban J connectivity index is 2.76. The summed E-state index contributed by atoms with van der Waals surface area (Å²) in [6, 6.07) is 0. The topological polar surface area (TPSA) is 85.9 Å². The summed E-state index contributed by atoms with van der Waals surface area (Å²) in [6.07, 6.45) is 3.51. The molecule has 0 bridgehead atoms. The van der Waals surface area contributed by atoms with E-state index >= 15 is 0 Å². The van der Waals surface area contributed by atoms with Crippen molar-refractivity contribution < 1.29 is 9.59 Å². The first kappa shape index (κ1) is 7.60. The van der Waals surface area contributed by atoms with E-state index < -0.39 is 0 Å². The van der Waals surface area contributed by atoms with Crippen LogP contribution in [0.3, 0.4) is 0 Å². The number of nitrogens with two attached hydrogens (primary N) is 1. The van der Waals surface area contributed by atoms with Crippen molar-refractivity contribution in [2.24, 2.45) is 0 Å². The summed E-state index contributed by atoms with van der Waals surface area (Å²) in [5, 5.41) is 0. The molecular formula is C8H5N3O2. The third-order valence-corrected chi connectivity index (χ3v) is 1.74. The highest BCUT2D eigenvalue weighted by molar-refractivity contribution is 6.22. The molecule has 0 amide bonds. The molecule has 13 heavy (non-hydrogen) atoms. The van der Waals surface area contributed by atoms with Crippen molar-refractivity contribution in [1.82, 2.24) is 9.97 Å². The SMILES string of the molecule is Nc1ncnc2c1C(=O)C=CC2=O. The van der Waals surface area contributed by atoms with Crippen molar-refractivity contribution in [1.29, 1.82) is 0 Å². The first-order chi connectivity index (χ1) is 6.20. The van der Waals surface area contributed by atoms with Crippen molar-refractivity contribution in [3.05, 3.63) is 29.7 Å². The summed E-state index contributed by atoms with van der Waals surface area (Å²) >= 11 is 0. The number of hydrogen-bond donors (Lipinski definition) is 1. The molecule has 0 spiro atoms. The van der Waals surface area contributed by atoms with Crippen molar-refractivity contribution in [2.45, 2.75) is 0 Å². The number of carbonyl (C=O) groups excluding carboxylic acids is 2. The maximum absolute atomic E-state index is 11.3. The van der Waals surface area contributed by atoms with Gasteiger partial charge in [-0.3, -0.25) is 9.59 Å². The Morgan fingerprint density at radius 1 is 1.08 bits per heavy atom. The van der Waals surface area contributed by atoms with Gasteiger partial charge in [0.1, 0.15) is 17.8 Å². The number of nitrogens with zero attached hydrogens (tertiary/aromatic N) is 2. The van der Waals surface area contributed by atoms with Gasteiger partial charge in [-0.25, -0.2) is 9.97 Å². The zero-order valence-electron chi connectivity index (χ0n) is 6.52. The average molecular weight is 175 g/mol. The largest absolute Gasteiger partial charge is 0.383 e. The lowest BCUT2D eigenvalue weighted by atomic mass is 10.0. The fourth-order valence-corrected chi connectivity index (χ4v) is 1.14. The number of anilines is 1. The highest BCUT2D eigenvalue weighted by Crippen LogP contribution is 2.17. The summed E-state index contributed by atoms with van der Waals surface area (Å²) in [4.78, 5) is 29.8. The molecule has 5 nitrogen and oxygen atoms in total. The first-order valence-electron chi connectivity index (χ1n) is 3.57. The van der Waals surface area contributed by atoms with Gasteiger partial charge in [-0.1, -0.05) is 0 Å². The Morgan fingerprint density at radius 3 is 2.46 bits per heavy atom. The van der Waals surface area contributed by atoms with Gasteiger partial charge in [0.15, 0.2) is 5.78 Å². The van der Waals surface area contributed by atoms with Crippen LogP contribution < -0.4 is 5.73 Å². The van der Waals surface area contributed by atoms with E-state index in [2.05, 4.69) is 9.97 Å². The van der Waals surface area contributed by atoms with E-state index in [0.717, 1.165) is 0 Å². The summed E-state index contributed by atoms with van der Waals surface area (Å²) in [5.74, 6) is -0.593. The van der Waals surface area contributed by atoms with Crippen LogP contribution >= 0.6 is 0 Å². The Hall–Kier alpha value is -2.04. The van der Waals surface area contributed by atoms with E-state index in [1.165, 1.54) is 18.5 Å². The Morgan fingerprint density at radius 2 is 1.77 bits per heavy atom. The normalized spacial score (nSPS) is 14.5. The lowest BCUT2D eigenvalue weighted by Crippen LogP contribution is -2.16. The Kier molecular flexibility index (Phi) is 1.45. The Bertz CT molecular complexity index is 437. The number of fused-ring (bicyclic) bond motifs is 1. The third-order valence-electron chi connectivity index (χ3n) is 1.74. The minimum absolute atomic E-state index is 0.0488. The van der Waals surface area contributed by atoms with Crippen LogP contribution in [-0.2, 0) is 0 Å². The first-order valence-corrected chi connectivity index (χ1v) is 3.57. The molecule has 64 valence electrons. The molecular weight excluding hydrogens is 170 g/mol. The van der Waals surface area contributed by atoms with Crippen molar-refractivity contribution >= 4 is 17.4 Å². The molecule has 0 fully saturated rings. The lowest BCUT2D eigenvalue weighted by molar-refractivity contribution is 0.0990. The molecule has 0 saturated carbocycles. The van der Waals surface area contributed by atoms with Crippen LogP contribution in [0.1, 0.15) is 20.8 Å². The van der Waals surface area contributed by atoms with Crippen LogP contribution in [0, 0.1) is 0 Å². The molecule has 0 saturated heterocycles. The number of aromatic nitrogens is 2. The lowest BCUT2D eigenvalue weighted by Gasteiger charge is -2.07. The predicted octanol–water partition coefficient (Wildman–Crippen LogP) is -0.00600. The molecule has 1 aromatic heterocycles. The van der Waals surface area contributed by atoms with Gasteiger partial charge < -0.3 is 5.73 Å². The summed E-state index contributed by atoms with van der Waals surface area (Å²) < 4.78 is 0. The number of rotatable bonds is 0. The highest BCUT2D eigenvalue weighted by atomic mass is 16.1. The minimum Gasteiger partial charge on any atom is -0.383 e. The second-order valence-electron chi connectivity index (χ2n) is 2.54. The standard InChI is InChI=1S/C8H5N3O2/c9-8-6-4(12)1-2-5(13)7(6)10-3-11-8/h1-3H,(H2,9,10,11). The second kappa shape index (κ2) is 2.48. The highest BCUT2D eigenvalue weighted by Gasteiger charge is 2.23. The van der Waals surface area contributed by atoms with Crippen LogP contribution in [-0.4, -0.2) is 21.5 Å². The van der Waals surface area contributed by atoms with Gasteiger partial charge in [-0.2, -0.15) is 0 Å². The Labute approximate surface area is 73.3 Å². The number of nitrogen functional groups attached to an aromatic ring is 1. The van der Waals surface area contributed by atoms with E-state index in [9.17, 15) is 9.59 Å². The van der Waals surface area contributed by atoms with Crippen molar-refractivity contribution in [3.63, 3.8) is 0 Å². The maximum Gasteiger partial charge on any atom is 0.205 e. The quantitative estimate of drug-likeness (QED) is 0.599. The van der Waals surface area contributed by atoms with Gasteiger partial charge in [-0.15, -0.1) is 0 Å². The zero-order valence-corrected chi connectivity index (χ0v) is 6.52. The van der Waals surface area contributed by atoms with Crippen molar-refractivity contribution in [3.8, 4) is 0 Å². The van der Waals surface area contributed by atoms with E-state index in [1.54, 1.807) is 0 Å². The summed E-state index contributed by atoms with van der Waals surface area (Å²) in [5.41, 5.74) is 5.63. The molecule has 1 aromatic rings. The van der Waals surface area contributed by atoms with Crippen LogP contribution in [0.25, 0.3) is 0 Å². The van der Waals surface area contributed by atoms with E-state index in [4.69, 9.17) is 5.73 Å². The van der Waals surface area contributed by atoms with Gasteiger partial charge >= 0.3 is 0 Å². The third kappa shape index (κ3) is 1.01. The van der Waals surface area contributed by atoms with Crippen LogP contribution in [0.15, 0.2) is 18.5 Å². The zero-order chi connectivity index (χ0) is 9.42. The fourth-order valence-electron chi connectivity index (χ4n) is 1.14. The van der Waals surface area contributed by atoms with E-state index in [-0.39, 0.29) is 28.6 Å². The molecule has 0 radical (unpaired) electrons. The van der Waals surface area contributed by atoms with Crippen LogP contribution in [0.5, 0.6) is 0 Å². The molecule has 5 heteroatoms. The van der Waals surface area contributed by atoms with E-state index in [1.807, 2.05) is 0 Å². The molecule has 1 aliphatic rings. The van der Waals surface area contributed by atoms with Crippen LogP contribution in [0.2, 0.25) is 0 Å². The molecule has 2 rings (SSSR count). The number of carbonyl (C=O) groups is 2. The maximum atomic E-state index is 11.3. The van der Waals surface area contributed by atoms with Gasteiger partial charge in [0, 0.05) is 0 Å². The second-order valence-corrected chi connectivity index (χ2v) is 2.54. The molecule has 0 unspecified atom stereocenters. The molecule has 0 atom stereocenters. The number of ketones is 2. The number of allylic oxidation sites excluding steroid dienone is 2. The van der Waals surface area contributed by atoms with Gasteiger partial charge in [0.25, 0.3) is 0 Å². The fraction of sp³-hybridized carbons (Fsp3) is 0. The smallest absolute Gasteiger partial charge is 0.205 e. The van der Waals surface area contributed by atoms with Gasteiger partial charge in [0.05, 0.1) is 5.56 Å². The molecule has 1 aliphatic carbocycles. The predicted molar refractivity (Wildman–Crippen MR) is 44.2 cm³/mol. The molecule has 0 aromatic carbocycles. The summed E-state index contributed by atoms with van der Waals surface area (Å²) in [6.45, 7) is 0. The molecule has 0 aliphatic heterocycles. The monoisotopic (exact) mass is 175 g/mol. The molecule has 2 N–H and O–H groups in total. The van der Waals surface area contributed by atoms with Gasteiger partial charge in [-0.05, 0) is 12.2 Å². The van der Waals surface area contributed by atoms with Gasteiger partial charge in [0.2, 0.25) is 5.78 Å².